The lowest BCUT2D eigenvalue weighted by Crippen LogP contribution is -2.48. The zero-order valence-corrected chi connectivity index (χ0v) is 16.1. The number of hydrogen-bond donors (Lipinski definition) is 1. The van der Waals surface area contributed by atoms with E-state index in [9.17, 15) is 4.79 Å². The summed E-state index contributed by atoms with van der Waals surface area (Å²) in [7, 11) is 1.55. The minimum absolute atomic E-state index is 0.0538. The Morgan fingerprint density at radius 2 is 1.77 bits per heavy atom. The van der Waals surface area contributed by atoms with Crippen LogP contribution in [0.4, 0.5) is 5.69 Å². The highest BCUT2D eigenvalue weighted by Crippen LogP contribution is 2.23. The van der Waals surface area contributed by atoms with E-state index >= 15 is 0 Å². The molecule has 0 aliphatic carbocycles. The van der Waals surface area contributed by atoms with Gasteiger partial charge in [-0.15, -0.1) is 0 Å². The van der Waals surface area contributed by atoms with Crippen LogP contribution in [-0.4, -0.2) is 49.0 Å². The number of amides is 1. The summed E-state index contributed by atoms with van der Waals surface area (Å²) in [6.45, 7) is 3.78. The Labute approximate surface area is 163 Å². The lowest BCUT2D eigenvalue weighted by Gasteiger charge is -2.35. The summed E-state index contributed by atoms with van der Waals surface area (Å²) in [6.07, 6.45) is 0. The summed E-state index contributed by atoms with van der Waals surface area (Å²) in [5.74, 6) is 0.0538. The van der Waals surface area contributed by atoms with E-state index < -0.39 is 0 Å². The van der Waals surface area contributed by atoms with Crippen molar-refractivity contribution in [1.29, 1.82) is 0 Å². The van der Waals surface area contributed by atoms with E-state index in [4.69, 9.17) is 28.0 Å². The third kappa shape index (κ3) is 4.68. The number of carbonyl (C=O) groups is 1. The normalized spacial score (nSPS) is 15.1. The summed E-state index contributed by atoms with van der Waals surface area (Å²) < 4.78 is 0. The van der Waals surface area contributed by atoms with Crippen molar-refractivity contribution < 1.29 is 9.63 Å². The number of benzene rings is 2. The molecule has 0 saturated carbocycles. The highest BCUT2D eigenvalue weighted by Gasteiger charge is 2.22. The maximum atomic E-state index is 12.6. The Morgan fingerprint density at radius 1 is 1.08 bits per heavy atom. The minimum Gasteiger partial charge on any atom is -0.336 e. The topological polar surface area (TPSA) is 44.8 Å². The van der Waals surface area contributed by atoms with Crippen molar-refractivity contribution in [2.75, 3.05) is 38.8 Å². The number of halogens is 2. The fourth-order valence-corrected chi connectivity index (χ4v) is 3.45. The molecule has 3 rings (SSSR count). The molecule has 1 aliphatic rings. The Hall–Kier alpha value is -1.79. The largest absolute Gasteiger partial charge is 0.336 e. The van der Waals surface area contributed by atoms with Gasteiger partial charge in [-0.3, -0.25) is 20.0 Å². The van der Waals surface area contributed by atoms with E-state index in [-0.39, 0.29) is 5.91 Å². The van der Waals surface area contributed by atoms with Crippen LogP contribution in [0.5, 0.6) is 0 Å². The molecule has 26 heavy (non-hydrogen) atoms. The second kappa shape index (κ2) is 8.73. The maximum Gasteiger partial charge on any atom is 0.253 e. The molecule has 2 aromatic carbocycles. The number of nitrogens with one attached hydrogen (secondary N) is 1. The molecule has 0 bridgehead atoms. The molecule has 5 nitrogen and oxygen atoms in total. The SMILES string of the molecule is CONc1ccc(C(=O)N2CCN(Cc3ccc(Cl)cc3Cl)CC2)cc1. The fraction of sp³-hybridized carbons (Fsp3) is 0.316. The van der Waals surface area contributed by atoms with E-state index in [0.717, 1.165) is 30.9 Å². The van der Waals surface area contributed by atoms with Gasteiger partial charge < -0.3 is 4.90 Å². The van der Waals surface area contributed by atoms with Gasteiger partial charge in [0.1, 0.15) is 0 Å². The summed E-state index contributed by atoms with van der Waals surface area (Å²) in [5, 5.41) is 1.32. The van der Waals surface area contributed by atoms with Crippen LogP contribution < -0.4 is 5.48 Å². The van der Waals surface area contributed by atoms with Crippen LogP contribution in [-0.2, 0) is 11.4 Å². The molecule has 0 aromatic heterocycles. The van der Waals surface area contributed by atoms with E-state index in [1.807, 2.05) is 41.3 Å². The van der Waals surface area contributed by atoms with Crippen LogP contribution in [0.1, 0.15) is 15.9 Å². The minimum atomic E-state index is 0.0538. The molecular formula is C19H21Cl2N3O2. The number of rotatable bonds is 5. The van der Waals surface area contributed by atoms with Crippen molar-refractivity contribution in [3.8, 4) is 0 Å². The summed E-state index contributed by atoms with van der Waals surface area (Å²) in [5.41, 5.74) is 5.29. The van der Waals surface area contributed by atoms with Crippen LogP contribution in [0.25, 0.3) is 0 Å². The zero-order chi connectivity index (χ0) is 18.5. The van der Waals surface area contributed by atoms with Gasteiger partial charge in [-0.2, -0.15) is 0 Å². The van der Waals surface area contributed by atoms with Crippen molar-refractivity contribution in [2.24, 2.45) is 0 Å². The first-order chi connectivity index (χ1) is 12.6. The Kier molecular flexibility index (Phi) is 6.38. The van der Waals surface area contributed by atoms with Crippen molar-refractivity contribution in [3.63, 3.8) is 0 Å². The van der Waals surface area contributed by atoms with Crippen molar-refractivity contribution in [2.45, 2.75) is 6.54 Å². The van der Waals surface area contributed by atoms with Gasteiger partial charge in [0.15, 0.2) is 0 Å². The molecular weight excluding hydrogens is 373 g/mol. The van der Waals surface area contributed by atoms with Crippen LogP contribution >= 0.6 is 23.2 Å². The van der Waals surface area contributed by atoms with E-state index in [0.29, 0.717) is 28.7 Å². The highest BCUT2D eigenvalue weighted by atomic mass is 35.5. The van der Waals surface area contributed by atoms with Crippen LogP contribution in [0.15, 0.2) is 42.5 Å². The van der Waals surface area contributed by atoms with Gasteiger partial charge in [-0.1, -0.05) is 29.3 Å². The second-order valence-corrected chi connectivity index (χ2v) is 7.03. The predicted octanol–water partition coefficient (Wildman–Crippen LogP) is 3.92. The summed E-state index contributed by atoms with van der Waals surface area (Å²) in [6, 6.07) is 12.8. The number of hydrogen-bond acceptors (Lipinski definition) is 4. The summed E-state index contributed by atoms with van der Waals surface area (Å²) >= 11 is 12.2. The smallest absolute Gasteiger partial charge is 0.253 e. The Balaban J connectivity index is 1.55. The third-order valence-corrected chi connectivity index (χ3v) is 5.01. The summed E-state index contributed by atoms with van der Waals surface area (Å²) in [4.78, 5) is 21.7. The van der Waals surface area contributed by atoms with Gasteiger partial charge in [0.05, 0.1) is 12.8 Å². The Bertz CT molecular complexity index is 760. The van der Waals surface area contributed by atoms with Crippen LogP contribution in [0, 0.1) is 0 Å². The molecule has 1 amide bonds. The van der Waals surface area contributed by atoms with Gasteiger partial charge in [-0.25, -0.2) is 0 Å². The molecule has 2 aromatic rings. The van der Waals surface area contributed by atoms with Gasteiger partial charge in [0.25, 0.3) is 5.91 Å². The van der Waals surface area contributed by atoms with Crippen molar-refractivity contribution in [3.05, 3.63) is 63.6 Å². The maximum absolute atomic E-state index is 12.6. The van der Waals surface area contributed by atoms with Gasteiger partial charge in [0.2, 0.25) is 0 Å². The molecule has 1 heterocycles. The van der Waals surface area contributed by atoms with Gasteiger partial charge >= 0.3 is 0 Å². The van der Waals surface area contributed by atoms with Crippen LogP contribution in [0.3, 0.4) is 0 Å². The Morgan fingerprint density at radius 3 is 2.38 bits per heavy atom. The monoisotopic (exact) mass is 393 g/mol. The van der Waals surface area contributed by atoms with E-state index in [1.54, 1.807) is 13.2 Å². The first kappa shape index (κ1) is 19.0. The molecule has 0 atom stereocenters. The first-order valence-electron chi connectivity index (χ1n) is 8.41. The average molecular weight is 394 g/mol. The third-order valence-electron chi connectivity index (χ3n) is 4.42. The molecule has 0 spiro atoms. The van der Waals surface area contributed by atoms with Crippen LogP contribution in [0.2, 0.25) is 10.0 Å². The quantitative estimate of drug-likeness (QED) is 0.781. The molecule has 138 valence electrons. The highest BCUT2D eigenvalue weighted by molar-refractivity contribution is 6.35. The number of anilines is 1. The number of piperazine rings is 1. The number of nitrogens with zero attached hydrogens (tertiary/aromatic N) is 2. The van der Waals surface area contributed by atoms with Gasteiger partial charge in [0, 0.05) is 48.3 Å². The molecule has 0 radical (unpaired) electrons. The average Bonchev–Trinajstić information content (AvgIpc) is 2.65. The molecule has 1 N–H and O–H groups in total. The fourth-order valence-electron chi connectivity index (χ4n) is 2.98. The van der Waals surface area contributed by atoms with Gasteiger partial charge in [-0.05, 0) is 42.0 Å². The van der Waals surface area contributed by atoms with Crippen molar-refractivity contribution in [1.82, 2.24) is 9.80 Å². The van der Waals surface area contributed by atoms with E-state index in [2.05, 4.69) is 10.4 Å². The lowest BCUT2D eigenvalue weighted by molar-refractivity contribution is 0.0628. The molecule has 1 aliphatic heterocycles. The number of carbonyl (C=O) groups excluding carboxylic acids is 1. The first-order valence-corrected chi connectivity index (χ1v) is 9.17. The molecule has 0 unspecified atom stereocenters. The second-order valence-electron chi connectivity index (χ2n) is 6.19. The molecule has 1 saturated heterocycles. The molecule has 1 fully saturated rings. The standard InChI is InChI=1S/C19H21Cl2N3O2/c1-26-22-17-6-3-14(4-7-17)19(25)24-10-8-23(9-11-24)13-15-2-5-16(20)12-18(15)21/h2-7,12,22H,8-11,13H2,1H3. The molecule has 7 heteroatoms. The zero-order valence-electron chi connectivity index (χ0n) is 14.5. The predicted molar refractivity (Wildman–Crippen MR) is 105 cm³/mol. The lowest BCUT2D eigenvalue weighted by atomic mass is 10.1. The van der Waals surface area contributed by atoms with E-state index in [1.165, 1.54) is 0 Å². The van der Waals surface area contributed by atoms with Crippen molar-refractivity contribution >= 4 is 34.8 Å².